The number of hydrogen-bond donors (Lipinski definition) is 1. The standard InChI is InChI=1S/C14H30N2/c1-11(2)9-12(3)16(4)10-14(15)13-7-5-6-8-13/h11-14H,5-10,15H2,1-4H3. The molecule has 2 atom stereocenters. The molecule has 1 aliphatic carbocycles. The number of rotatable bonds is 6. The molecular weight excluding hydrogens is 196 g/mol. The third-order valence-electron chi connectivity index (χ3n) is 4.07. The second kappa shape index (κ2) is 6.61. The molecule has 2 N–H and O–H groups in total. The Labute approximate surface area is 102 Å². The molecule has 1 saturated carbocycles. The van der Waals surface area contributed by atoms with Crippen LogP contribution in [0.25, 0.3) is 0 Å². The number of hydrogen-bond acceptors (Lipinski definition) is 2. The van der Waals surface area contributed by atoms with Gasteiger partial charge in [-0.2, -0.15) is 0 Å². The van der Waals surface area contributed by atoms with Crippen molar-refractivity contribution in [2.45, 2.75) is 65.0 Å². The minimum Gasteiger partial charge on any atom is -0.326 e. The van der Waals surface area contributed by atoms with Crippen LogP contribution in [0.15, 0.2) is 0 Å². The summed E-state index contributed by atoms with van der Waals surface area (Å²) in [5, 5.41) is 0. The van der Waals surface area contributed by atoms with E-state index in [1.54, 1.807) is 0 Å². The maximum Gasteiger partial charge on any atom is 0.0196 e. The van der Waals surface area contributed by atoms with Crippen molar-refractivity contribution in [2.24, 2.45) is 17.6 Å². The zero-order valence-corrected chi connectivity index (χ0v) is 11.6. The molecule has 0 bridgehead atoms. The van der Waals surface area contributed by atoms with Crippen LogP contribution in [0, 0.1) is 11.8 Å². The molecule has 1 rings (SSSR count). The molecule has 2 unspecified atom stereocenters. The van der Waals surface area contributed by atoms with Gasteiger partial charge < -0.3 is 10.6 Å². The largest absolute Gasteiger partial charge is 0.326 e. The number of likely N-dealkylation sites (N-methyl/N-ethyl adjacent to an activating group) is 1. The Hall–Kier alpha value is -0.0800. The van der Waals surface area contributed by atoms with E-state index in [0.29, 0.717) is 12.1 Å². The molecular formula is C14H30N2. The second-order valence-electron chi connectivity index (χ2n) is 6.13. The fourth-order valence-corrected chi connectivity index (χ4v) is 2.91. The first-order valence-electron chi connectivity index (χ1n) is 6.96. The summed E-state index contributed by atoms with van der Waals surface area (Å²) in [7, 11) is 2.22. The van der Waals surface area contributed by atoms with Gasteiger partial charge in [0.2, 0.25) is 0 Å². The lowest BCUT2D eigenvalue weighted by molar-refractivity contribution is 0.197. The fourth-order valence-electron chi connectivity index (χ4n) is 2.91. The van der Waals surface area contributed by atoms with Crippen LogP contribution in [0.5, 0.6) is 0 Å². The van der Waals surface area contributed by atoms with Gasteiger partial charge in [-0.3, -0.25) is 0 Å². The molecule has 0 saturated heterocycles. The highest BCUT2D eigenvalue weighted by molar-refractivity contribution is 4.81. The molecule has 2 nitrogen and oxygen atoms in total. The minimum atomic E-state index is 0.391. The monoisotopic (exact) mass is 226 g/mol. The van der Waals surface area contributed by atoms with E-state index in [0.717, 1.165) is 18.4 Å². The molecule has 0 amide bonds. The second-order valence-corrected chi connectivity index (χ2v) is 6.13. The Morgan fingerprint density at radius 1 is 1.19 bits per heavy atom. The Morgan fingerprint density at radius 2 is 1.75 bits per heavy atom. The average Bonchev–Trinajstić information content (AvgIpc) is 2.68. The van der Waals surface area contributed by atoms with Crippen LogP contribution >= 0.6 is 0 Å². The zero-order valence-electron chi connectivity index (χ0n) is 11.6. The highest BCUT2D eigenvalue weighted by Crippen LogP contribution is 2.27. The lowest BCUT2D eigenvalue weighted by atomic mass is 9.97. The summed E-state index contributed by atoms with van der Waals surface area (Å²) >= 11 is 0. The molecule has 2 heteroatoms. The lowest BCUT2D eigenvalue weighted by Gasteiger charge is -2.30. The van der Waals surface area contributed by atoms with Crippen LogP contribution in [-0.4, -0.2) is 30.6 Å². The summed E-state index contributed by atoms with van der Waals surface area (Å²) in [5.74, 6) is 1.56. The van der Waals surface area contributed by atoms with E-state index in [4.69, 9.17) is 5.73 Å². The van der Waals surface area contributed by atoms with Gasteiger partial charge in [-0.1, -0.05) is 26.7 Å². The minimum absolute atomic E-state index is 0.391. The first-order chi connectivity index (χ1) is 7.50. The first-order valence-corrected chi connectivity index (χ1v) is 6.96. The topological polar surface area (TPSA) is 29.3 Å². The maximum absolute atomic E-state index is 6.31. The third-order valence-corrected chi connectivity index (χ3v) is 4.07. The number of nitrogens with zero attached hydrogens (tertiary/aromatic N) is 1. The smallest absolute Gasteiger partial charge is 0.0196 e. The average molecular weight is 226 g/mol. The molecule has 0 aromatic heterocycles. The molecule has 0 aromatic carbocycles. The highest BCUT2D eigenvalue weighted by Gasteiger charge is 2.24. The molecule has 16 heavy (non-hydrogen) atoms. The number of nitrogens with two attached hydrogens (primary N) is 1. The van der Waals surface area contributed by atoms with Crippen molar-refractivity contribution in [1.29, 1.82) is 0 Å². The van der Waals surface area contributed by atoms with Gasteiger partial charge in [0.25, 0.3) is 0 Å². The first kappa shape index (κ1) is 14.0. The van der Waals surface area contributed by atoms with Crippen molar-refractivity contribution in [1.82, 2.24) is 4.90 Å². The summed E-state index contributed by atoms with van der Waals surface area (Å²) in [5.41, 5.74) is 6.31. The van der Waals surface area contributed by atoms with Gasteiger partial charge in [0.15, 0.2) is 0 Å². The van der Waals surface area contributed by atoms with Crippen LogP contribution in [0.1, 0.15) is 52.9 Å². The van der Waals surface area contributed by atoms with Gasteiger partial charge in [0.05, 0.1) is 0 Å². The van der Waals surface area contributed by atoms with Gasteiger partial charge >= 0.3 is 0 Å². The van der Waals surface area contributed by atoms with Gasteiger partial charge in [0, 0.05) is 18.6 Å². The Morgan fingerprint density at radius 3 is 2.25 bits per heavy atom. The molecule has 1 fully saturated rings. The predicted octanol–water partition coefficient (Wildman–Crippen LogP) is 2.87. The van der Waals surface area contributed by atoms with Crippen molar-refractivity contribution in [3.8, 4) is 0 Å². The van der Waals surface area contributed by atoms with E-state index < -0.39 is 0 Å². The predicted molar refractivity (Wildman–Crippen MR) is 71.5 cm³/mol. The fraction of sp³-hybridized carbons (Fsp3) is 1.00. The van der Waals surface area contributed by atoms with Crippen molar-refractivity contribution >= 4 is 0 Å². The zero-order chi connectivity index (χ0) is 12.1. The van der Waals surface area contributed by atoms with E-state index in [1.165, 1.54) is 32.1 Å². The Kier molecular flexibility index (Phi) is 5.77. The lowest BCUT2D eigenvalue weighted by Crippen LogP contribution is -2.43. The van der Waals surface area contributed by atoms with Gasteiger partial charge in [-0.05, 0) is 45.1 Å². The van der Waals surface area contributed by atoms with Crippen molar-refractivity contribution in [3.63, 3.8) is 0 Å². The van der Waals surface area contributed by atoms with E-state index in [1.807, 2.05) is 0 Å². The van der Waals surface area contributed by atoms with Crippen molar-refractivity contribution < 1.29 is 0 Å². The molecule has 0 spiro atoms. The Balaban J connectivity index is 2.28. The summed E-state index contributed by atoms with van der Waals surface area (Å²) in [6.45, 7) is 7.97. The van der Waals surface area contributed by atoms with Crippen LogP contribution in [0.2, 0.25) is 0 Å². The van der Waals surface area contributed by atoms with Crippen molar-refractivity contribution in [3.05, 3.63) is 0 Å². The van der Waals surface area contributed by atoms with E-state index in [9.17, 15) is 0 Å². The van der Waals surface area contributed by atoms with E-state index >= 15 is 0 Å². The Bertz CT molecular complexity index is 185. The van der Waals surface area contributed by atoms with Crippen LogP contribution in [0.4, 0.5) is 0 Å². The summed E-state index contributed by atoms with van der Waals surface area (Å²) < 4.78 is 0. The summed E-state index contributed by atoms with van der Waals surface area (Å²) in [6.07, 6.45) is 6.77. The highest BCUT2D eigenvalue weighted by atomic mass is 15.1. The molecule has 0 aliphatic heterocycles. The maximum atomic E-state index is 6.31. The quantitative estimate of drug-likeness (QED) is 0.754. The van der Waals surface area contributed by atoms with Gasteiger partial charge in [-0.25, -0.2) is 0 Å². The van der Waals surface area contributed by atoms with E-state index in [2.05, 4.69) is 32.7 Å². The van der Waals surface area contributed by atoms with Crippen molar-refractivity contribution in [2.75, 3.05) is 13.6 Å². The van der Waals surface area contributed by atoms with E-state index in [-0.39, 0.29) is 0 Å². The van der Waals surface area contributed by atoms with Gasteiger partial charge in [-0.15, -0.1) is 0 Å². The molecule has 0 aromatic rings. The molecule has 0 heterocycles. The molecule has 0 radical (unpaired) electrons. The SMILES string of the molecule is CC(C)CC(C)N(C)CC(N)C1CCCC1. The van der Waals surface area contributed by atoms with Crippen LogP contribution in [0.3, 0.4) is 0 Å². The van der Waals surface area contributed by atoms with Crippen LogP contribution < -0.4 is 5.73 Å². The normalized spacial score (nSPS) is 21.9. The summed E-state index contributed by atoms with van der Waals surface area (Å²) in [6, 6.07) is 1.05. The van der Waals surface area contributed by atoms with Crippen LogP contribution in [-0.2, 0) is 0 Å². The molecule has 1 aliphatic rings. The molecule has 96 valence electrons. The third kappa shape index (κ3) is 4.42. The summed E-state index contributed by atoms with van der Waals surface area (Å²) in [4.78, 5) is 2.45. The van der Waals surface area contributed by atoms with Gasteiger partial charge in [0.1, 0.15) is 0 Å².